The number of hydrogen-bond donors (Lipinski definition) is 3. The summed E-state index contributed by atoms with van der Waals surface area (Å²) in [6.45, 7) is 4.39. The highest BCUT2D eigenvalue weighted by Crippen LogP contribution is 2.45. The molecule has 0 heterocycles. The standard InChI is InChI=1S/C85H140O17P2/c1-5-9-13-17-21-25-29-33-37-39-43-45-49-53-57-61-65-69-82(87)95-75-80(101-84(89)71-67-63-59-55-51-47-41-35-31-27-23-19-15-11-7-3)77-99-103(91,92)97-73-79(86)74-98-104(93,94)100-78-81(102-85(90)72-68-64-60-56-52-48-42-36-32-28-24-20-16-12-8-4)76-96-83(88)70-66-62-58-54-50-46-44-40-38-34-30-26-22-18-14-10-6-2/h9-11,13-15,21-23,25-27,33-38,41-42,44,46,51,54-55,58,79-81,86H,5-8,12,16-20,24,28-32,39-40,43,45,47-50,52-53,56-57,59-78H2,1-4H3,(H,91,92)(H,93,94)/b13-9-,14-10-,15-11-,25-21-,26-22-,27-23-,37-33-,38-34-,41-35-,42-36-,46-44-,55-51-,58-54-. The van der Waals surface area contributed by atoms with Crippen molar-refractivity contribution in [2.75, 3.05) is 39.6 Å². The van der Waals surface area contributed by atoms with E-state index in [1.807, 2.05) is 12.2 Å². The maximum Gasteiger partial charge on any atom is 0.472 e. The Morgan fingerprint density at radius 1 is 0.279 bits per heavy atom. The van der Waals surface area contributed by atoms with E-state index in [-0.39, 0.29) is 25.7 Å². The maximum atomic E-state index is 13.1. The Labute approximate surface area is 629 Å². The third-order valence-corrected chi connectivity index (χ3v) is 17.9. The molecule has 0 bridgehead atoms. The number of carbonyl (C=O) groups excluding carboxylic acids is 4. The normalized spacial score (nSPS) is 14.7. The van der Waals surface area contributed by atoms with E-state index < -0.39 is 97.5 Å². The van der Waals surface area contributed by atoms with Crippen molar-refractivity contribution in [1.29, 1.82) is 0 Å². The molecule has 0 aromatic heterocycles. The van der Waals surface area contributed by atoms with Crippen LogP contribution in [0.15, 0.2) is 158 Å². The molecule has 17 nitrogen and oxygen atoms in total. The highest BCUT2D eigenvalue weighted by atomic mass is 31.2. The van der Waals surface area contributed by atoms with Crippen molar-refractivity contribution in [1.82, 2.24) is 0 Å². The molecule has 0 aliphatic carbocycles. The minimum Gasteiger partial charge on any atom is -0.462 e. The molecule has 0 aromatic carbocycles. The van der Waals surface area contributed by atoms with Crippen LogP contribution in [0.25, 0.3) is 0 Å². The van der Waals surface area contributed by atoms with Crippen molar-refractivity contribution in [2.45, 2.75) is 316 Å². The number of aliphatic hydroxyl groups is 1. The molecule has 0 aromatic rings. The summed E-state index contributed by atoms with van der Waals surface area (Å²) in [5.74, 6) is -2.32. The zero-order valence-corrected chi connectivity index (χ0v) is 66.4. The first-order valence-corrected chi connectivity index (χ1v) is 42.7. The third kappa shape index (κ3) is 74.9. The molecule has 104 heavy (non-hydrogen) atoms. The van der Waals surface area contributed by atoms with E-state index in [0.717, 1.165) is 167 Å². The van der Waals surface area contributed by atoms with Crippen LogP contribution in [-0.4, -0.2) is 96.7 Å². The Hall–Kier alpha value is -5.32. The summed E-state index contributed by atoms with van der Waals surface area (Å²) < 4.78 is 68.5. The van der Waals surface area contributed by atoms with Gasteiger partial charge in [0.15, 0.2) is 12.2 Å². The molecule has 0 aliphatic rings. The fourth-order valence-electron chi connectivity index (χ4n) is 10.0. The third-order valence-electron chi connectivity index (χ3n) is 16.0. The van der Waals surface area contributed by atoms with E-state index in [1.54, 1.807) is 0 Å². The van der Waals surface area contributed by atoms with E-state index >= 15 is 0 Å². The zero-order valence-electron chi connectivity index (χ0n) is 64.6. The average Bonchev–Trinajstić information content (AvgIpc) is 0.937. The number of aliphatic hydroxyl groups excluding tert-OH is 1. The molecule has 0 aliphatic heterocycles. The van der Waals surface area contributed by atoms with Crippen molar-refractivity contribution in [2.24, 2.45) is 0 Å². The van der Waals surface area contributed by atoms with Gasteiger partial charge in [0.2, 0.25) is 0 Å². The molecule has 19 heteroatoms. The lowest BCUT2D eigenvalue weighted by Crippen LogP contribution is -2.30. The number of allylic oxidation sites excluding steroid dienone is 26. The van der Waals surface area contributed by atoms with Crippen LogP contribution >= 0.6 is 15.6 Å². The van der Waals surface area contributed by atoms with Gasteiger partial charge in [-0.25, -0.2) is 9.13 Å². The van der Waals surface area contributed by atoms with Gasteiger partial charge >= 0.3 is 39.5 Å². The molecule has 3 N–H and O–H groups in total. The molecule has 0 fully saturated rings. The molecule has 0 spiro atoms. The first kappa shape index (κ1) is 98.7. The number of phosphoric acid groups is 2. The smallest absolute Gasteiger partial charge is 0.462 e. The summed E-state index contributed by atoms with van der Waals surface area (Å²) in [5, 5.41) is 10.6. The topological polar surface area (TPSA) is 237 Å². The molecule has 0 radical (unpaired) electrons. The van der Waals surface area contributed by atoms with Crippen molar-refractivity contribution in [3.63, 3.8) is 0 Å². The van der Waals surface area contributed by atoms with Crippen LogP contribution in [0.4, 0.5) is 0 Å². The van der Waals surface area contributed by atoms with E-state index in [0.29, 0.717) is 38.5 Å². The number of esters is 4. The summed E-state index contributed by atoms with van der Waals surface area (Å²) in [7, 11) is -10.0. The summed E-state index contributed by atoms with van der Waals surface area (Å²) in [6, 6.07) is 0. The Balaban J connectivity index is 5.47. The van der Waals surface area contributed by atoms with Gasteiger partial charge in [-0.3, -0.25) is 37.3 Å². The van der Waals surface area contributed by atoms with Crippen LogP contribution in [0, 0.1) is 0 Å². The van der Waals surface area contributed by atoms with Crippen molar-refractivity contribution >= 4 is 39.5 Å². The number of rotatable bonds is 73. The van der Waals surface area contributed by atoms with Gasteiger partial charge in [0.25, 0.3) is 0 Å². The van der Waals surface area contributed by atoms with Crippen LogP contribution < -0.4 is 0 Å². The Morgan fingerprint density at radius 3 is 0.837 bits per heavy atom. The minimum atomic E-state index is -5.00. The van der Waals surface area contributed by atoms with E-state index in [2.05, 4.69) is 174 Å². The van der Waals surface area contributed by atoms with Crippen LogP contribution in [0.3, 0.4) is 0 Å². The number of hydrogen-bond acceptors (Lipinski definition) is 15. The number of ether oxygens (including phenoxy) is 4. The van der Waals surface area contributed by atoms with Crippen LogP contribution in [0.1, 0.15) is 297 Å². The SMILES string of the molecule is CC/C=C\C/C=C\C/C=C\C/C=C\C/C=C\CCCC(=O)OCC(COP(=O)(O)OCC(O)COP(=O)(O)OCC(COC(=O)CCCCCCCCC/C=C\C/C=C\C/C=C\CC)OC(=O)CCCC/C=C\C/C=C\C/C=C\C/C=C\CC)OC(=O)CCCCCCC/C=C\CCCCCCCC. The Morgan fingerprint density at radius 2 is 0.510 bits per heavy atom. The van der Waals surface area contributed by atoms with Crippen LogP contribution in [0.2, 0.25) is 0 Å². The molecular formula is C85H140O17P2. The molecule has 0 rings (SSSR count). The summed E-state index contributed by atoms with van der Waals surface area (Å²) in [6.07, 6.45) is 88.1. The fourth-order valence-corrected chi connectivity index (χ4v) is 11.6. The zero-order chi connectivity index (χ0) is 76.0. The minimum absolute atomic E-state index is 0.0342. The highest BCUT2D eigenvalue weighted by Gasteiger charge is 2.30. The Kier molecular flexibility index (Phi) is 72.0. The lowest BCUT2D eigenvalue weighted by molar-refractivity contribution is -0.161. The van der Waals surface area contributed by atoms with Gasteiger partial charge in [-0.2, -0.15) is 0 Å². The molecule has 0 saturated carbocycles. The second-order valence-corrected chi connectivity index (χ2v) is 28.8. The Bertz CT molecular complexity index is 2590. The van der Waals surface area contributed by atoms with Gasteiger partial charge in [0.05, 0.1) is 26.4 Å². The predicted octanol–water partition coefficient (Wildman–Crippen LogP) is 23.2. The number of unbranched alkanes of at least 4 members (excludes halogenated alkanes) is 21. The molecule has 592 valence electrons. The first-order valence-electron chi connectivity index (χ1n) is 39.7. The van der Waals surface area contributed by atoms with Crippen LogP contribution in [0.5, 0.6) is 0 Å². The summed E-state index contributed by atoms with van der Waals surface area (Å²) in [5.41, 5.74) is 0. The monoisotopic (exact) mass is 1490 g/mol. The second kappa shape index (κ2) is 75.9. The summed E-state index contributed by atoms with van der Waals surface area (Å²) in [4.78, 5) is 73.0. The fraction of sp³-hybridized carbons (Fsp3) is 0.647. The van der Waals surface area contributed by atoms with E-state index in [9.17, 15) is 43.2 Å². The highest BCUT2D eigenvalue weighted by molar-refractivity contribution is 7.47. The van der Waals surface area contributed by atoms with Crippen LogP contribution in [-0.2, 0) is 65.4 Å². The van der Waals surface area contributed by atoms with Gasteiger partial charge in [-0.05, 0) is 161 Å². The number of carbonyl (C=O) groups is 4. The molecular weight excluding hydrogens is 1350 g/mol. The lowest BCUT2D eigenvalue weighted by atomic mass is 10.1. The maximum absolute atomic E-state index is 13.1. The second-order valence-electron chi connectivity index (χ2n) is 25.9. The summed E-state index contributed by atoms with van der Waals surface area (Å²) >= 11 is 0. The largest absolute Gasteiger partial charge is 0.472 e. The number of phosphoric ester groups is 2. The predicted molar refractivity (Wildman–Crippen MR) is 427 cm³/mol. The van der Waals surface area contributed by atoms with E-state index in [4.69, 9.17) is 37.0 Å². The van der Waals surface area contributed by atoms with Crippen molar-refractivity contribution in [3.8, 4) is 0 Å². The molecule has 0 amide bonds. The van der Waals surface area contributed by atoms with Gasteiger partial charge in [-0.1, -0.05) is 269 Å². The quantitative estimate of drug-likeness (QED) is 0.0169. The first-order chi connectivity index (χ1) is 50.7. The van der Waals surface area contributed by atoms with Gasteiger partial charge in [0.1, 0.15) is 19.3 Å². The van der Waals surface area contributed by atoms with Crippen molar-refractivity contribution < 1.29 is 80.2 Å². The lowest BCUT2D eigenvalue weighted by Gasteiger charge is -2.21. The molecule has 5 atom stereocenters. The van der Waals surface area contributed by atoms with Crippen molar-refractivity contribution in [3.05, 3.63) is 158 Å². The van der Waals surface area contributed by atoms with Gasteiger partial charge in [0, 0.05) is 25.7 Å². The van der Waals surface area contributed by atoms with Gasteiger partial charge in [-0.15, -0.1) is 0 Å². The molecule has 0 saturated heterocycles. The van der Waals surface area contributed by atoms with Gasteiger partial charge < -0.3 is 33.8 Å². The molecule has 5 unspecified atom stereocenters. The average molecular weight is 1500 g/mol. The van der Waals surface area contributed by atoms with E-state index in [1.165, 1.54) is 38.5 Å².